The number of amides is 5. The highest BCUT2D eigenvalue weighted by Gasteiger charge is 2.41. The molecule has 1 saturated carbocycles. The number of nitrogens with one attached hydrogen (secondary N) is 3. The molecule has 13 nitrogen and oxygen atoms in total. The van der Waals surface area contributed by atoms with E-state index < -0.39 is 23.6 Å². The van der Waals surface area contributed by atoms with Crippen molar-refractivity contribution in [1.82, 2.24) is 25.5 Å². The Morgan fingerprint density at radius 1 is 1.17 bits per heavy atom. The van der Waals surface area contributed by atoms with Crippen molar-refractivity contribution < 1.29 is 28.7 Å². The molecule has 1 aromatic carbocycles. The number of fused-ring (bicyclic) bond motifs is 2. The van der Waals surface area contributed by atoms with E-state index in [4.69, 9.17) is 20.2 Å². The van der Waals surface area contributed by atoms with Gasteiger partial charge in [0.1, 0.15) is 39.5 Å². The summed E-state index contributed by atoms with van der Waals surface area (Å²) in [6.45, 7) is 0.0943. The second-order valence-corrected chi connectivity index (χ2v) is 11.5. The Morgan fingerprint density at radius 3 is 2.68 bits per heavy atom. The van der Waals surface area contributed by atoms with Gasteiger partial charge in [-0.25, -0.2) is 14.8 Å². The summed E-state index contributed by atoms with van der Waals surface area (Å²) in [7, 11) is 3.13. The molecule has 0 bridgehead atoms. The van der Waals surface area contributed by atoms with E-state index in [1.54, 1.807) is 26.4 Å². The molecule has 14 heteroatoms. The number of pyridine rings is 1. The number of carbonyl (C=O) groups excluding carboxylic acids is 4. The van der Waals surface area contributed by atoms with Crippen LogP contribution in [0.25, 0.3) is 10.2 Å². The summed E-state index contributed by atoms with van der Waals surface area (Å²) in [4.78, 5) is 60.6. The van der Waals surface area contributed by atoms with Crippen molar-refractivity contribution >= 4 is 51.1 Å². The third kappa shape index (κ3) is 5.15. The number of imide groups is 1. The number of piperidine rings is 1. The Hall–Kier alpha value is -4.30. The van der Waals surface area contributed by atoms with Crippen LogP contribution in [-0.2, 0) is 21.8 Å². The zero-order valence-electron chi connectivity index (χ0n) is 22.5. The lowest BCUT2D eigenvalue weighted by Crippen LogP contribution is -2.54. The first kappa shape index (κ1) is 26.9. The highest BCUT2D eigenvalue weighted by molar-refractivity contribution is 7.18. The Morgan fingerprint density at radius 2 is 1.98 bits per heavy atom. The summed E-state index contributed by atoms with van der Waals surface area (Å²) in [5.74, 6) is 0.566. The fourth-order valence-corrected chi connectivity index (χ4v) is 6.34. The highest BCUT2D eigenvalue weighted by atomic mass is 32.1. The van der Waals surface area contributed by atoms with Crippen LogP contribution in [0.15, 0.2) is 24.3 Å². The number of rotatable bonds is 8. The lowest BCUT2D eigenvalue weighted by Gasteiger charge is -2.29. The molecule has 1 saturated heterocycles. The zero-order chi connectivity index (χ0) is 28.9. The second kappa shape index (κ2) is 10.3. The minimum atomic E-state index is -1.25. The number of hydrogen-bond acceptors (Lipinski definition) is 10. The van der Waals surface area contributed by atoms with Crippen LogP contribution < -0.4 is 31.2 Å². The standard InChI is InChI=1S/C27H29N7O6S/c1-39-14-9-18(40-2)22-19(10-14)41-25(32-22)27(28,11-13-3-4-13)33-26(38)30-20-7-5-15-16(29-20)12-34(24(15)37)17-6-8-21(35)31-23(17)36/h5,7,9-10,13,17H,3-4,6,8,11-12,28H2,1-2H3,(H,31,35,36)(H2,29,30,33,38)/t17?,27-/m0/s1. The van der Waals surface area contributed by atoms with Crippen LogP contribution in [0.4, 0.5) is 10.6 Å². The van der Waals surface area contributed by atoms with Crippen LogP contribution in [0.1, 0.15) is 53.2 Å². The van der Waals surface area contributed by atoms with Crippen LogP contribution in [0.5, 0.6) is 11.5 Å². The molecule has 214 valence electrons. The molecule has 1 unspecified atom stereocenters. The Bertz CT molecular complexity index is 1590. The van der Waals surface area contributed by atoms with Crippen molar-refractivity contribution in [3.8, 4) is 11.5 Å². The van der Waals surface area contributed by atoms with Crippen LogP contribution in [0.3, 0.4) is 0 Å². The normalized spacial score (nSPS) is 19.9. The van der Waals surface area contributed by atoms with Crippen LogP contribution in [0, 0.1) is 5.92 Å². The van der Waals surface area contributed by atoms with E-state index in [2.05, 4.69) is 20.9 Å². The summed E-state index contributed by atoms with van der Waals surface area (Å²) in [5.41, 5.74) is 7.01. The molecule has 0 radical (unpaired) electrons. The maximum atomic E-state index is 13.2. The first-order chi connectivity index (χ1) is 19.7. The van der Waals surface area contributed by atoms with Gasteiger partial charge in [0, 0.05) is 12.5 Å². The predicted molar refractivity (Wildman–Crippen MR) is 148 cm³/mol. The minimum absolute atomic E-state index is 0.0943. The van der Waals surface area contributed by atoms with E-state index in [1.165, 1.54) is 22.3 Å². The lowest BCUT2D eigenvalue weighted by molar-refractivity contribution is -0.136. The van der Waals surface area contributed by atoms with Gasteiger partial charge in [-0.2, -0.15) is 0 Å². The molecule has 3 aliphatic rings. The van der Waals surface area contributed by atoms with Crippen LogP contribution >= 0.6 is 11.3 Å². The summed E-state index contributed by atoms with van der Waals surface area (Å²) in [6.07, 6.45) is 2.96. The van der Waals surface area contributed by atoms with E-state index in [9.17, 15) is 19.2 Å². The maximum absolute atomic E-state index is 13.2. The maximum Gasteiger partial charge on any atom is 0.322 e. The Kier molecular flexibility index (Phi) is 6.74. The van der Waals surface area contributed by atoms with Crippen molar-refractivity contribution in [2.75, 3.05) is 19.5 Å². The minimum Gasteiger partial charge on any atom is -0.497 e. The van der Waals surface area contributed by atoms with Gasteiger partial charge in [0.2, 0.25) is 11.8 Å². The van der Waals surface area contributed by atoms with E-state index in [0.29, 0.717) is 45.6 Å². The number of methoxy groups -OCH3 is 2. The second-order valence-electron chi connectivity index (χ2n) is 10.5. The van der Waals surface area contributed by atoms with Gasteiger partial charge in [-0.1, -0.05) is 12.8 Å². The SMILES string of the molecule is COc1cc(OC)c2nc([C@](N)(CC3CC3)NC(=O)Nc3ccc4c(n3)CN(C3CCC(=O)NC3=O)C4=O)sc2c1. The zero-order valence-corrected chi connectivity index (χ0v) is 23.3. The number of hydrogen-bond donors (Lipinski definition) is 4. The summed E-state index contributed by atoms with van der Waals surface area (Å²) < 4.78 is 11.7. The van der Waals surface area contributed by atoms with Crippen molar-refractivity contribution in [3.05, 3.63) is 40.5 Å². The molecule has 5 N–H and O–H groups in total. The summed E-state index contributed by atoms with van der Waals surface area (Å²) in [5, 5.41) is 8.44. The van der Waals surface area contributed by atoms with Gasteiger partial charge in [0.05, 0.1) is 36.7 Å². The number of nitrogens with two attached hydrogens (primary N) is 1. The van der Waals surface area contributed by atoms with Gasteiger partial charge in [-0.3, -0.25) is 25.0 Å². The first-order valence-electron chi connectivity index (χ1n) is 13.2. The third-order valence-electron chi connectivity index (χ3n) is 7.53. The average molecular weight is 580 g/mol. The number of carbonyl (C=O) groups is 4. The van der Waals surface area contributed by atoms with Gasteiger partial charge in [-0.15, -0.1) is 11.3 Å². The molecule has 2 aliphatic heterocycles. The molecule has 2 fully saturated rings. The lowest BCUT2D eigenvalue weighted by atomic mass is 10.0. The van der Waals surface area contributed by atoms with Crippen molar-refractivity contribution in [2.24, 2.45) is 11.7 Å². The van der Waals surface area contributed by atoms with Crippen LogP contribution in [-0.4, -0.2) is 58.9 Å². The Labute approximate surface area is 238 Å². The molecule has 2 aromatic heterocycles. The average Bonchev–Trinajstić information content (AvgIpc) is 3.53. The third-order valence-corrected chi connectivity index (χ3v) is 8.71. The molecule has 41 heavy (non-hydrogen) atoms. The molecule has 0 spiro atoms. The van der Waals surface area contributed by atoms with Crippen LogP contribution in [0.2, 0.25) is 0 Å². The Balaban J connectivity index is 1.20. The molecular formula is C27H29N7O6S. The molecule has 5 amide bonds. The number of ether oxygens (including phenoxy) is 2. The summed E-state index contributed by atoms with van der Waals surface area (Å²) >= 11 is 1.36. The predicted octanol–water partition coefficient (Wildman–Crippen LogP) is 2.20. The van der Waals surface area contributed by atoms with Gasteiger partial charge >= 0.3 is 6.03 Å². The molecule has 1 aliphatic carbocycles. The van der Waals surface area contributed by atoms with Crippen molar-refractivity contribution in [1.29, 1.82) is 0 Å². The van der Waals surface area contributed by atoms with Gasteiger partial charge in [0.15, 0.2) is 0 Å². The first-order valence-corrected chi connectivity index (χ1v) is 14.0. The van der Waals surface area contributed by atoms with Gasteiger partial charge < -0.3 is 25.4 Å². The van der Waals surface area contributed by atoms with E-state index in [0.717, 1.165) is 17.5 Å². The number of urea groups is 1. The number of benzene rings is 1. The number of thiazole rings is 1. The van der Waals surface area contributed by atoms with Crippen molar-refractivity contribution in [2.45, 2.75) is 50.4 Å². The largest absolute Gasteiger partial charge is 0.497 e. The van der Waals surface area contributed by atoms with Gasteiger partial charge in [0.25, 0.3) is 5.91 Å². The quantitative estimate of drug-likeness (QED) is 0.230. The topological polar surface area (TPSA) is 178 Å². The fourth-order valence-electron chi connectivity index (χ4n) is 5.26. The number of aromatic nitrogens is 2. The highest BCUT2D eigenvalue weighted by Crippen LogP contribution is 2.42. The molecule has 4 heterocycles. The monoisotopic (exact) mass is 579 g/mol. The molecule has 6 rings (SSSR count). The molecule has 3 aromatic rings. The van der Waals surface area contributed by atoms with E-state index in [-0.39, 0.29) is 37.0 Å². The van der Waals surface area contributed by atoms with E-state index in [1.807, 2.05) is 6.07 Å². The number of anilines is 1. The van der Waals surface area contributed by atoms with Crippen molar-refractivity contribution in [3.63, 3.8) is 0 Å². The fraction of sp³-hybridized carbons (Fsp3) is 0.407. The molecule has 2 atom stereocenters. The number of nitrogens with zero attached hydrogens (tertiary/aromatic N) is 3. The molecular weight excluding hydrogens is 550 g/mol. The smallest absolute Gasteiger partial charge is 0.322 e. The van der Waals surface area contributed by atoms with E-state index >= 15 is 0 Å². The summed E-state index contributed by atoms with van der Waals surface area (Å²) in [6, 6.07) is 5.37. The van der Waals surface area contributed by atoms with Gasteiger partial charge in [-0.05, 0) is 37.0 Å².